The first kappa shape index (κ1) is 29.5. The van der Waals surface area contributed by atoms with Crippen LogP contribution in [-0.2, 0) is 32.6 Å². The van der Waals surface area contributed by atoms with Crippen molar-refractivity contribution in [3.8, 4) is 0 Å². The average molecular weight is 577 g/mol. The Bertz CT molecular complexity index is 1410. The van der Waals surface area contributed by atoms with Crippen LogP contribution in [0.5, 0.6) is 0 Å². The van der Waals surface area contributed by atoms with Crippen molar-refractivity contribution in [3.05, 3.63) is 93.5 Å². The lowest BCUT2D eigenvalue weighted by atomic mass is 10.1. The molecule has 10 heteroatoms. The van der Waals surface area contributed by atoms with Crippen molar-refractivity contribution < 1.29 is 18.0 Å². The molecular formula is C28H31Cl2N3O4S. The lowest BCUT2D eigenvalue weighted by Gasteiger charge is -2.32. The average Bonchev–Trinajstić information content (AvgIpc) is 2.91. The third kappa shape index (κ3) is 6.67. The molecule has 1 N–H and O–H groups in total. The number of hydrogen-bond acceptors (Lipinski definition) is 4. The Morgan fingerprint density at radius 3 is 2.24 bits per heavy atom. The van der Waals surface area contributed by atoms with Crippen LogP contribution in [0.2, 0.25) is 10.0 Å². The van der Waals surface area contributed by atoms with Gasteiger partial charge in [-0.05, 0) is 61.7 Å². The molecule has 0 saturated heterocycles. The molecule has 3 aromatic carbocycles. The maximum Gasteiger partial charge on any atom is 0.264 e. The maximum atomic E-state index is 13.9. The van der Waals surface area contributed by atoms with Gasteiger partial charge in [-0.15, -0.1) is 0 Å². The minimum absolute atomic E-state index is 0.0259. The zero-order valence-electron chi connectivity index (χ0n) is 21.7. The second kappa shape index (κ2) is 12.7. The highest BCUT2D eigenvalue weighted by molar-refractivity contribution is 7.92. The Labute approximate surface area is 234 Å². The van der Waals surface area contributed by atoms with E-state index in [9.17, 15) is 18.0 Å². The number of hydrogen-bond donors (Lipinski definition) is 1. The van der Waals surface area contributed by atoms with Crippen molar-refractivity contribution >= 4 is 50.7 Å². The molecule has 2 amide bonds. The predicted molar refractivity (Wildman–Crippen MR) is 152 cm³/mol. The number of carbonyl (C=O) groups excluding carboxylic acids is 2. The van der Waals surface area contributed by atoms with Crippen molar-refractivity contribution in [2.45, 2.75) is 44.7 Å². The molecule has 202 valence electrons. The molecule has 1 atom stereocenters. The summed E-state index contributed by atoms with van der Waals surface area (Å²) in [4.78, 5) is 27.9. The number of amides is 2. The topological polar surface area (TPSA) is 86.8 Å². The summed E-state index contributed by atoms with van der Waals surface area (Å²) >= 11 is 12.2. The molecule has 0 aromatic heterocycles. The van der Waals surface area contributed by atoms with E-state index in [1.807, 2.05) is 26.0 Å². The molecule has 3 aromatic rings. The van der Waals surface area contributed by atoms with Crippen LogP contribution in [0, 0.1) is 6.92 Å². The van der Waals surface area contributed by atoms with Gasteiger partial charge in [-0.25, -0.2) is 8.42 Å². The second-order valence-electron chi connectivity index (χ2n) is 8.87. The summed E-state index contributed by atoms with van der Waals surface area (Å²) in [6.45, 7) is 4.90. The van der Waals surface area contributed by atoms with Crippen LogP contribution in [0.25, 0.3) is 0 Å². The Hall–Kier alpha value is -3.07. The summed E-state index contributed by atoms with van der Waals surface area (Å²) in [6.07, 6.45) is 0.561. The van der Waals surface area contributed by atoms with Crippen molar-refractivity contribution in [2.24, 2.45) is 0 Å². The third-order valence-electron chi connectivity index (χ3n) is 6.28. The number of sulfonamides is 1. The number of carbonyl (C=O) groups is 2. The largest absolute Gasteiger partial charge is 0.357 e. The summed E-state index contributed by atoms with van der Waals surface area (Å²) in [6, 6.07) is 17.6. The minimum Gasteiger partial charge on any atom is -0.357 e. The summed E-state index contributed by atoms with van der Waals surface area (Å²) in [5.74, 6) is -0.936. The highest BCUT2D eigenvalue weighted by Gasteiger charge is 2.33. The first-order chi connectivity index (χ1) is 18.0. The number of nitrogens with zero attached hydrogens (tertiary/aromatic N) is 2. The van der Waals surface area contributed by atoms with Crippen LogP contribution in [0.15, 0.2) is 71.6 Å². The van der Waals surface area contributed by atoms with Gasteiger partial charge >= 0.3 is 0 Å². The predicted octanol–water partition coefficient (Wildman–Crippen LogP) is 5.22. The van der Waals surface area contributed by atoms with E-state index in [2.05, 4.69) is 5.32 Å². The SMILES string of the molecule is CCc1ccccc1N(CC(=O)N(Cc1ccc(Cl)c(Cl)c1)C(C)C(=O)NC)S(=O)(=O)c1ccc(C)cc1. The van der Waals surface area contributed by atoms with Crippen LogP contribution in [0.4, 0.5) is 5.69 Å². The molecule has 0 spiro atoms. The molecule has 38 heavy (non-hydrogen) atoms. The quantitative estimate of drug-likeness (QED) is 0.359. The van der Waals surface area contributed by atoms with Gasteiger partial charge in [-0.2, -0.15) is 0 Å². The van der Waals surface area contributed by atoms with E-state index in [4.69, 9.17) is 23.2 Å². The van der Waals surface area contributed by atoms with E-state index in [1.54, 1.807) is 49.4 Å². The maximum absolute atomic E-state index is 13.9. The summed E-state index contributed by atoms with van der Waals surface area (Å²) in [5, 5.41) is 3.23. The van der Waals surface area contributed by atoms with Gasteiger partial charge in [0.15, 0.2) is 0 Å². The van der Waals surface area contributed by atoms with E-state index < -0.39 is 28.5 Å². The van der Waals surface area contributed by atoms with Gasteiger partial charge in [-0.3, -0.25) is 13.9 Å². The van der Waals surface area contributed by atoms with E-state index >= 15 is 0 Å². The molecule has 0 saturated carbocycles. The van der Waals surface area contributed by atoms with Crippen LogP contribution in [0.1, 0.15) is 30.5 Å². The zero-order valence-corrected chi connectivity index (χ0v) is 24.1. The van der Waals surface area contributed by atoms with E-state index in [1.165, 1.54) is 24.1 Å². The first-order valence-corrected chi connectivity index (χ1v) is 14.3. The molecule has 3 rings (SSSR count). The second-order valence-corrected chi connectivity index (χ2v) is 11.5. The molecule has 0 aliphatic carbocycles. The van der Waals surface area contributed by atoms with Gasteiger partial charge in [0.25, 0.3) is 10.0 Å². The molecule has 0 aliphatic heterocycles. The van der Waals surface area contributed by atoms with Gasteiger partial charge in [0.2, 0.25) is 11.8 Å². The fourth-order valence-electron chi connectivity index (χ4n) is 4.03. The fraction of sp³-hybridized carbons (Fsp3) is 0.286. The van der Waals surface area contributed by atoms with E-state index in [0.29, 0.717) is 27.7 Å². The van der Waals surface area contributed by atoms with Crippen molar-refractivity contribution in [1.29, 1.82) is 0 Å². The molecule has 0 fully saturated rings. The lowest BCUT2D eigenvalue weighted by molar-refractivity contribution is -0.139. The van der Waals surface area contributed by atoms with Crippen LogP contribution in [0.3, 0.4) is 0 Å². The number of likely N-dealkylation sites (N-methyl/N-ethyl adjacent to an activating group) is 1. The van der Waals surface area contributed by atoms with Gasteiger partial charge in [0.1, 0.15) is 12.6 Å². The summed E-state index contributed by atoms with van der Waals surface area (Å²) in [7, 11) is -2.64. The number of nitrogens with one attached hydrogen (secondary N) is 1. The van der Waals surface area contributed by atoms with Gasteiger partial charge in [0.05, 0.1) is 20.6 Å². The fourth-order valence-corrected chi connectivity index (χ4v) is 5.80. The number of anilines is 1. The standard InChI is InChI=1S/C28H31Cl2N3O4S/c1-5-22-8-6-7-9-26(22)33(38(36,37)23-13-10-19(2)11-14-23)18-27(34)32(20(3)28(35)31-4)17-21-12-15-24(29)25(30)16-21/h6-16,20H,5,17-18H2,1-4H3,(H,31,35). The van der Waals surface area contributed by atoms with Gasteiger partial charge in [0, 0.05) is 13.6 Å². The van der Waals surface area contributed by atoms with Crippen molar-refractivity contribution in [1.82, 2.24) is 10.2 Å². The molecule has 0 heterocycles. The number of aryl methyl sites for hydroxylation is 2. The number of halogens is 2. The van der Waals surface area contributed by atoms with Gasteiger partial charge in [-0.1, -0.05) is 72.1 Å². The highest BCUT2D eigenvalue weighted by atomic mass is 35.5. The number of para-hydroxylation sites is 1. The molecule has 7 nitrogen and oxygen atoms in total. The van der Waals surface area contributed by atoms with E-state index in [-0.39, 0.29) is 17.3 Å². The molecule has 0 aliphatic rings. The molecular weight excluding hydrogens is 545 g/mol. The Morgan fingerprint density at radius 2 is 1.63 bits per heavy atom. The van der Waals surface area contributed by atoms with Crippen molar-refractivity contribution in [3.63, 3.8) is 0 Å². The minimum atomic E-state index is -4.12. The summed E-state index contributed by atoms with van der Waals surface area (Å²) in [5.41, 5.74) is 2.73. The van der Waals surface area contributed by atoms with E-state index in [0.717, 1.165) is 15.4 Å². The Kier molecular flexibility index (Phi) is 9.82. The Balaban J connectivity index is 2.08. The van der Waals surface area contributed by atoms with Crippen LogP contribution >= 0.6 is 23.2 Å². The smallest absolute Gasteiger partial charge is 0.264 e. The first-order valence-electron chi connectivity index (χ1n) is 12.1. The molecule has 0 bridgehead atoms. The highest BCUT2D eigenvalue weighted by Crippen LogP contribution is 2.29. The summed E-state index contributed by atoms with van der Waals surface area (Å²) < 4.78 is 29.0. The van der Waals surface area contributed by atoms with Crippen LogP contribution < -0.4 is 9.62 Å². The van der Waals surface area contributed by atoms with Crippen LogP contribution in [-0.4, -0.2) is 44.8 Å². The molecule has 0 radical (unpaired) electrons. The normalized spacial score (nSPS) is 12.1. The number of benzene rings is 3. The third-order valence-corrected chi connectivity index (χ3v) is 8.79. The van der Waals surface area contributed by atoms with Gasteiger partial charge < -0.3 is 10.2 Å². The zero-order chi connectivity index (χ0) is 28.0. The Morgan fingerprint density at radius 1 is 0.974 bits per heavy atom. The lowest BCUT2D eigenvalue weighted by Crippen LogP contribution is -2.50. The monoisotopic (exact) mass is 575 g/mol. The molecule has 1 unspecified atom stereocenters. The van der Waals surface area contributed by atoms with Crippen molar-refractivity contribution in [2.75, 3.05) is 17.9 Å². The number of rotatable bonds is 10.